The molecular formula is C18H17BrClF. The Labute approximate surface area is 138 Å². The van der Waals surface area contributed by atoms with Crippen LogP contribution in [0.1, 0.15) is 29.5 Å². The van der Waals surface area contributed by atoms with Gasteiger partial charge in [0, 0.05) is 15.8 Å². The lowest BCUT2D eigenvalue weighted by atomic mass is 9.68. The number of fused-ring (bicyclic) bond motifs is 1. The van der Waals surface area contributed by atoms with Gasteiger partial charge in [-0.15, -0.1) is 11.6 Å². The topological polar surface area (TPSA) is 0 Å². The molecule has 2 aromatic rings. The van der Waals surface area contributed by atoms with Crippen LogP contribution in [0, 0.1) is 5.82 Å². The van der Waals surface area contributed by atoms with Gasteiger partial charge < -0.3 is 0 Å². The molecule has 1 atom stereocenters. The summed E-state index contributed by atoms with van der Waals surface area (Å²) in [4.78, 5) is 0. The summed E-state index contributed by atoms with van der Waals surface area (Å²) < 4.78 is 14.5. The lowest BCUT2D eigenvalue weighted by molar-refractivity contribution is 0.395. The molecule has 0 N–H and O–H groups in total. The number of aryl methyl sites for hydroxylation is 1. The van der Waals surface area contributed by atoms with Gasteiger partial charge in [0.1, 0.15) is 5.82 Å². The Morgan fingerprint density at radius 3 is 2.81 bits per heavy atom. The first-order chi connectivity index (χ1) is 10.1. The van der Waals surface area contributed by atoms with Crippen LogP contribution in [0.15, 0.2) is 46.9 Å². The van der Waals surface area contributed by atoms with Crippen molar-refractivity contribution in [1.29, 1.82) is 0 Å². The number of benzene rings is 2. The number of hydrogen-bond donors (Lipinski definition) is 0. The first-order valence-electron chi connectivity index (χ1n) is 7.23. The molecule has 110 valence electrons. The van der Waals surface area contributed by atoms with Gasteiger partial charge in [-0.3, -0.25) is 0 Å². The van der Waals surface area contributed by atoms with Crippen LogP contribution in [0.4, 0.5) is 4.39 Å². The Bertz CT molecular complexity index is 655. The lowest BCUT2D eigenvalue weighted by Gasteiger charge is -2.38. The number of halogens is 3. The van der Waals surface area contributed by atoms with Crippen molar-refractivity contribution in [3.05, 3.63) is 69.4 Å². The van der Waals surface area contributed by atoms with Crippen LogP contribution in [0.2, 0.25) is 0 Å². The van der Waals surface area contributed by atoms with Gasteiger partial charge in [0.2, 0.25) is 0 Å². The zero-order valence-corrected chi connectivity index (χ0v) is 14.1. The molecule has 3 heteroatoms. The van der Waals surface area contributed by atoms with Crippen LogP contribution in [-0.4, -0.2) is 5.88 Å². The Balaban J connectivity index is 2.04. The molecule has 3 rings (SSSR count). The highest BCUT2D eigenvalue weighted by Crippen LogP contribution is 2.42. The third-order valence-electron chi connectivity index (χ3n) is 4.48. The molecule has 0 nitrogen and oxygen atoms in total. The van der Waals surface area contributed by atoms with E-state index in [1.54, 1.807) is 12.1 Å². The van der Waals surface area contributed by atoms with Gasteiger partial charge >= 0.3 is 0 Å². The zero-order chi connectivity index (χ0) is 14.9. The summed E-state index contributed by atoms with van der Waals surface area (Å²) in [5.74, 6) is 0.370. The van der Waals surface area contributed by atoms with Gasteiger partial charge in [-0.1, -0.05) is 40.2 Å². The van der Waals surface area contributed by atoms with Crippen LogP contribution in [0.5, 0.6) is 0 Å². The third kappa shape index (κ3) is 2.89. The van der Waals surface area contributed by atoms with Crippen molar-refractivity contribution in [2.45, 2.75) is 31.1 Å². The zero-order valence-electron chi connectivity index (χ0n) is 11.7. The summed E-state index contributed by atoms with van der Waals surface area (Å²) in [6.07, 6.45) is 4.07. The fraction of sp³-hybridized carbons (Fsp3) is 0.333. The van der Waals surface area contributed by atoms with Crippen molar-refractivity contribution in [2.24, 2.45) is 0 Å². The average Bonchev–Trinajstić information content (AvgIpc) is 2.51. The highest BCUT2D eigenvalue weighted by atomic mass is 79.9. The number of hydrogen-bond acceptors (Lipinski definition) is 0. The monoisotopic (exact) mass is 366 g/mol. The smallest absolute Gasteiger partial charge is 0.123 e. The molecule has 0 saturated carbocycles. The molecule has 1 unspecified atom stereocenters. The highest BCUT2D eigenvalue weighted by molar-refractivity contribution is 9.10. The Morgan fingerprint density at radius 2 is 2.00 bits per heavy atom. The van der Waals surface area contributed by atoms with Crippen LogP contribution in [0.3, 0.4) is 0 Å². The minimum atomic E-state index is -0.193. The standard InChI is InChI=1S/C18H17BrClF/c19-17-8-7-15(21)10-14(17)11-18(12-20)9-3-5-13-4-1-2-6-16(13)18/h1-2,4,6-8,10H,3,5,9,11-12H2. The first kappa shape index (κ1) is 15.1. The van der Waals surface area contributed by atoms with E-state index in [2.05, 4.69) is 40.2 Å². The van der Waals surface area contributed by atoms with Crippen LogP contribution < -0.4 is 0 Å². The molecule has 0 heterocycles. The SMILES string of the molecule is Fc1ccc(Br)c(CC2(CCl)CCCc3ccccc32)c1. The van der Waals surface area contributed by atoms with E-state index in [-0.39, 0.29) is 11.2 Å². The lowest BCUT2D eigenvalue weighted by Crippen LogP contribution is -2.35. The summed E-state index contributed by atoms with van der Waals surface area (Å²) >= 11 is 9.94. The van der Waals surface area contributed by atoms with Gasteiger partial charge in [-0.2, -0.15) is 0 Å². The second-order valence-electron chi connectivity index (χ2n) is 5.84. The molecule has 0 bridgehead atoms. The maximum Gasteiger partial charge on any atom is 0.123 e. The van der Waals surface area contributed by atoms with Gasteiger partial charge in [0.15, 0.2) is 0 Å². The molecule has 0 aromatic heterocycles. The van der Waals surface area contributed by atoms with E-state index in [1.165, 1.54) is 17.2 Å². The first-order valence-corrected chi connectivity index (χ1v) is 8.56. The van der Waals surface area contributed by atoms with Gasteiger partial charge in [-0.05, 0) is 60.6 Å². The summed E-state index contributed by atoms with van der Waals surface area (Å²) in [5, 5.41) is 0. The van der Waals surface area contributed by atoms with Crippen LogP contribution in [-0.2, 0) is 18.3 Å². The molecule has 1 aliphatic carbocycles. The van der Waals surface area contributed by atoms with E-state index in [9.17, 15) is 4.39 Å². The third-order valence-corrected chi connectivity index (χ3v) is 5.77. The molecule has 0 spiro atoms. The summed E-state index contributed by atoms with van der Waals surface area (Å²) in [6.45, 7) is 0. The van der Waals surface area contributed by atoms with E-state index in [1.807, 2.05) is 0 Å². The minimum Gasteiger partial charge on any atom is -0.207 e. The van der Waals surface area contributed by atoms with Gasteiger partial charge in [0.25, 0.3) is 0 Å². The molecule has 0 radical (unpaired) electrons. The van der Waals surface area contributed by atoms with E-state index in [4.69, 9.17) is 11.6 Å². The van der Waals surface area contributed by atoms with Crippen molar-refractivity contribution in [3.63, 3.8) is 0 Å². The van der Waals surface area contributed by atoms with Crippen LogP contribution in [0.25, 0.3) is 0 Å². The van der Waals surface area contributed by atoms with E-state index in [0.29, 0.717) is 5.88 Å². The Kier molecular flexibility index (Phi) is 4.37. The van der Waals surface area contributed by atoms with Crippen molar-refractivity contribution < 1.29 is 4.39 Å². The molecule has 1 aliphatic rings. The maximum absolute atomic E-state index is 13.6. The molecular weight excluding hydrogens is 351 g/mol. The largest absolute Gasteiger partial charge is 0.207 e. The highest BCUT2D eigenvalue weighted by Gasteiger charge is 2.36. The summed E-state index contributed by atoms with van der Waals surface area (Å²) in [5.41, 5.74) is 3.62. The molecule has 0 aliphatic heterocycles. The van der Waals surface area contributed by atoms with Gasteiger partial charge in [-0.25, -0.2) is 4.39 Å². The predicted octanol–water partition coefficient (Wildman–Crippen LogP) is 5.64. The second kappa shape index (κ2) is 6.10. The van der Waals surface area contributed by atoms with E-state index in [0.717, 1.165) is 35.7 Å². The van der Waals surface area contributed by atoms with Crippen molar-refractivity contribution >= 4 is 27.5 Å². The molecule has 0 amide bonds. The average molecular weight is 368 g/mol. The second-order valence-corrected chi connectivity index (χ2v) is 6.96. The molecule has 21 heavy (non-hydrogen) atoms. The normalized spacial score (nSPS) is 21.1. The van der Waals surface area contributed by atoms with Crippen molar-refractivity contribution in [2.75, 3.05) is 5.88 Å². The molecule has 0 fully saturated rings. The summed E-state index contributed by atoms with van der Waals surface area (Å²) in [7, 11) is 0. The van der Waals surface area contributed by atoms with Gasteiger partial charge in [0.05, 0.1) is 0 Å². The van der Waals surface area contributed by atoms with Crippen molar-refractivity contribution in [3.8, 4) is 0 Å². The van der Waals surface area contributed by atoms with Crippen LogP contribution >= 0.6 is 27.5 Å². The Hall–Kier alpha value is -0.860. The van der Waals surface area contributed by atoms with E-state index < -0.39 is 0 Å². The maximum atomic E-state index is 13.6. The van der Waals surface area contributed by atoms with E-state index >= 15 is 0 Å². The fourth-order valence-electron chi connectivity index (χ4n) is 3.42. The number of rotatable bonds is 3. The quantitative estimate of drug-likeness (QED) is 0.615. The Morgan fingerprint density at radius 1 is 1.19 bits per heavy atom. The molecule has 0 saturated heterocycles. The number of alkyl halides is 1. The fourth-order valence-corrected chi connectivity index (χ4v) is 4.18. The van der Waals surface area contributed by atoms with Crippen molar-refractivity contribution in [1.82, 2.24) is 0 Å². The minimum absolute atomic E-state index is 0.0906. The summed E-state index contributed by atoms with van der Waals surface area (Å²) in [6, 6.07) is 13.4. The molecule has 2 aromatic carbocycles. The predicted molar refractivity (Wildman–Crippen MR) is 89.6 cm³/mol.